The standard InChI is InChI=1S/C16H21NO2/c18-15-9-6-14(7-10-15)12-17-16(19)11-8-13-4-2-1-3-5-13/h1-5,8,11,14-15,18H,6-7,9-10,12H2,(H,17,19)/b11-8+. The largest absolute Gasteiger partial charge is 0.393 e. The Bertz CT molecular complexity index is 420. The van der Waals surface area contributed by atoms with Crippen molar-refractivity contribution in [3.63, 3.8) is 0 Å². The van der Waals surface area contributed by atoms with Crippen LogP contribution in [0.3, 0.4) is 0 Å². The van der Waals surface area contributed by atoms with Gasteiger partial charge >= 0.3 is 0 Å². The van der Waals surface area contributed by atoms with Gasteiger partial charge < -0.3 is 10.4 Å². The van der Waals surface area contributed by atoms with Crippen LogP contribution in [0.25, 0.3) is 6.08 Å². The Morgan fingerprint density at radius 1 is 1.21 bits per heavy atom. The van der Waals surface area contributed by atoms with E-state index in [2.05, 4.69) is 5.32 Å². The van der Waals surface area contributed by atoms with Crippen LogP contribution in [0.5, 0.6) is 0 Å². The second-order valence-electron chi connectivity index (χ2n) is 5.16. The lowest BCUT2D eigenvalue weighted by Crippen LogP contribution is -2.31. The van der Waals surface area contributed by atoms with Crippen molar-refractivity contribution in [2.75, 3.05) is 6.54 Å². The second-order valence-corrected chi connectivity index (χ2v) is 5.16. The molecule has 102 valence electrons. The summed E-state index contributed by atoms with van der Waals surface area (Å²) in [5.74, 6) is 0.465. The molecule has 2 N–H and O–H groups in total. The fourth-order valence-electron chi connectivity index (χ4n) is 2.39. The van der Waals surface area contributed by atoms with Crippen LogP contribution in [-0.2, 0) is 4.79 Å². The zero-order chi connectivity index (χ0) is 13.5. The summed E-state index contributed by atoms with van der Waals surface area (Å²) in [6.07, 6.45) is 6.99. The quantitative estimate of drug-likeness (QED) is 0.816. The van der Waals surface area contributed by atoms with E-state index in [0.717, 1.165) is 31.2 Å². The molecule has 0 saturated heterocycles. The van der Waals surface area contributed by atoms with E-state index in [1.807, 2.05) is 36.4 Å². The maximum Gasteiger partial charge on any atom is 0.244 e. The Morgan fingerprint density at radius 2 is 1.89 bits per heavy atom. The molecule has 1 fully saturated rings. The molecule has 19 heavy (non-hydrogen) atoms. The Balaban J connectivity index is 1.71. The summed E-state index contributed by atoms with van der Waals surface area (Å²) in [7, 11) is 0. The normalized spacial score (nSPS) is 23.4. The molecule has 1 amide bonds. The molecule has 0 heterocycles. The van der Waals surface area contributed by atoms with Crippen LogP contribution in [0.15, 0.2) is 36.4 Å². The Kier molecular flexibility index (Phi) is 5.16. The summed E-state index contributed by atoms with van der Waals surface area (Å²) in [5, 5.41) is 12.3. The average molecular weight is 259 g/mol. The third-order valence-corrected chi connectivity index (χ3v) is 3.61. The molecule has 0 unspecified atom stereocenters. The number of aliphatic hydroxyl groups is 1. The third-order valence-electron chi connectivity index (χ3n) is 3.61. The van der Waals surface area contributed by atoms with Gasteiger partial charge in [0, 0.05) is 12.6 Å². The van der Waals surface area contributed by atoms with Crippen molar-refractivity contribution in [2.45, 2.75) is 31.8 Å². The minimum atomic E-state index is -0.134. The van der Waals surface area contributed by atoms with E-state index in [9.17, 15) is 9.90 Å². The molecule has 0 radical (unpaired) electrons. The molecule has 3 heteroatoms. The molecule has 0 bridgehead atoms. The lowest BCUT2D eigenvalue weighted by Gasteiger charge is -2.25. The molecule has 1 saturated carbocycles. The van der Waals surface area contributed by atoms with Crippen LogP contribution < -0.4 is 5.32 Å². The van der Waals surface area contributed by atoms with Gasteiger partial charge in [-0.15, -0.1) is 0 Å². The van der Waals surface area contributed by atoms with E-state index in [1.165, 1.54) is 0 Å². The van der Waals surface area contributed by atoms with Gasteiger partial charge in [-0.3, -0.25) is 4.79 Å². The average Bonchev–Trinajstić information content (AvgIpc) is 2.45. The van der Waals surface area contributed by atoms with Crippen molar-refractivity contribution in [3.8, 4) is 0 Å². The lowest BCUT2D eigenvalue weighted by molar-refractivity contribution is -0.116. The number of carbonyl (C=O) groups is 1. The molecule has 1 aliphatic carbocycles. The number of amides is 1. The van der Waals surface area contributed by atoms with E-state index in [4.69, 9.17) is 0 Å². The molecular weight excluding hydrogens is 238 g/mol. The molecule has 1 aromatic rings. The van der Waals surface area contributed by atoms with Gasteiger partial charge in [0.2, 0.25) is 5.91 Å². The number of benzene rings is 1. The topological polar surface area (TPSA) is 49.3 Å². The number of aliphatic hydroxyl groups excluding tert-OH is 1. The fourth-order valence-corrected chi connectivity index (χ4v) is 2.39. The van der Waals surface area contributed by atoms with Crippen LogP contribution in [0.2, 0.25) is 0 Å². The van der Waals surface area contributed by atoms with Crippen LogP contribution >= 0.6 is 0 Å². The van der Waals surface area contributed by atoms with Crippen LogP contribution in [0, 0.1) is 5.92 Å². The van der Waals surface area contributed by atoms with Gasteiger partial charge in [-0.05, 0) is 43.2 Å². The van der Waals surface area contributed by atoms with Gasteiger partial charge in [-0.2, -0.15) is 0 Å². The predicted octanol–water partition coefficient (Wildman–Crippen LogP) is 2.37. The highest BCUT2D eigenvalue weighted by Gasteiger charge is 2.19. The summed E-state index contributed by atoms with van der Waals surface area (Å²) in [6.45, 7) is 0.713. The number of hydrogen-bond donors (Lipinski definition) is 2. The van der Waals surface area contributed by atoms with Crippen LogP contribution in [0.4, 0.5) is 0 Å². The van der Waals surface area contributed by atoms with Crippen molar-refractivity contribution in [3.05, 3.63) is 42.0 Å². The summed E-state index contributed by atoms with van der Waals surface area (Å²) in [4.78, 5) is 11.7. The van der Waals surface area contributed by atoms with Gasteiger partial charge in [0.05, 0.1) is 6.10 Å². The van der Waals surface area contributed by atoms with Crippen molar-refractivity contribution in [1.29, 1.82) is 0 Å². The third kappa shape index (κ3) is 4.87. The minimum Gasteiger partial charge on any atom is -0.393 e. The monoisotopic (exact) mass is 259 g/mol. The van der Waals surface area contributed by atoms with E-state index in [1.54, 1.807) is 6.08 Å². The van der Waals surface area contributed by atoms with E-state index < -0.39 is 0 Å². The van der Waals surface area contributed by atoms with Crippen molar-refractivity contribution < 1.29 is 9.90 Å². The molecule has 0 spiro atoms. The summed E-state index contributed by atoms with van der Waals surface area (Å²) in [6, 6.07) is 9.78. The van der Waals surface area contributed by atoms with Crippen molar-refractivity contribution in [2.24, 2.45) is 5.92 Å². The van der Waals surface area contributed by atoms with Gasteiger partial charge in [0.15, 0.2) is 0 Å². The highest BCUT2D eigenvalue weighted by Crippen LogP contribution is 2.23. The summed E-state index contributed by atoms with van der Waals surface area (Å²) in [5.41, 5.74) is 1.03. The molecule has 1 aliphatic rings. The highest BCUT2D eigenvalue weighted by molar-refractivity contribution is 5.91. The molecule has 0 aromatic heterocycles. The predicted molar refractivity (Wildman–Crippen MR) is 76.5 cm³/mol. The summed E-state index contributed by atoms with van der Waals surface area (Å²) >= 11 is 0. The number of hydrogen-bond acceptors (Lipinski definition) is 2. The Labute approximate surface area is 114 Å². The van der Waals surface area contributed by atoms with E-state index in [-0.39, 0.29) is 12.0 Å². The zero-order valence-corrected chi connectivity index (χ0v) is 11.1. The fraction of sp³-hybridized carbons (Fsp3) is 0.438. The molecule has 1 aromatic carbocycles. The number of carbonyl (C=O) groups excluding carboxylic acids is 1. The van der Waals surface area contributed by atoms with E-state index in [0.29, 0.717) is 12.5 Å². The lowest BCUT2D eigenvalue weighted by atomic mass is 9.87. The number of nitrogens with one attached hydrogen (secondary N) is 1. The first-order valence-electron chi connectivity index (χ1n) is 6.93. The van der Waals surface area contributed by atoms with Gasteiger partial charge in [-0.25, -0.2) is 0 Å². The molecule has 0 atom stereocenters. The molecule has 0 aliphatic heterocycles. The SMILES string of the molecule is O=C(/C=C/c1ccccc1)NCC1CCC(O)CC1. The first kappa shape index (κ1) is 13.8. The first-order chi connectivity index (χ1) is 9.24. The van der Waals surface area contributed by atoms with Crippen molar-refractivity contribution >= 4 is 12.0 Å². The highest BCUT2D eigenvalue weighted by atomic mass is 16.3. The molecule has 3 nitrogen and oxygen atoms in total. The minimum absolute atomic E-state index is 0.0463. The van der Waals surface area contributed by atoms with Gasteiger partial charge in [0.25, 0.3) is 0 Å². The summed E-state index contributed by atoms with van der Waals surface area (Å²) < 4.78 is 0. The van der Waals surface area contributed by atoms with Crippen LogP contribution in [0.1, 0.15) is 31.2 Å². The van der Waals surface area contributed by atoms with E-state index >= 15 is 0 Å². The maximum atomic E-state index is 11.7. The Morgan fingerprint density at radius 3 is 2.58 bits per heavy atom. The van der Waals surface area contributed by atoms with Gasteiger partial charge in [0.1, 0.15) is 0 Å². The molecular formula is C16H21NO2. The zero-order valence-electron chi connectivity index (χ0n) is 11.1. The smallest absolute Gasteiger partial charge is 0.244 e. The second kappa shape index (κ2) is 7.10. The van der Waals surface area contributed by atoms with Gasteiger partial charge in [-0.1, -0.05) is 30.3 Å². The number of rotatable bonds is 4. The first-order valence-corrected chi connectivity index (χ1v) is 6.93. The van der Waals surface area contributed by atoms with Crippen LogP contribution in [-0.4, -0.2) is 23.7 Å². The maximum absolute atomic E-state index is 11.7. The molecule has 2 rings (SSSR count). The van der Waals surface area contributed by atoms with Crippen molar-refractivity contribution in [1.82, 2.24) is 5.32 Å². The Hall–Kier alpha value is -1.61.